The molecule has 0 saturated heterocycles. The Bertz CT molecular complexity index is 402. The lowest BCUT2D eigenvalue weighted by Crippen LogP contribution is -2.30. The number of nitrogens with one attached hydrogen (secondary N) is 1. The summed E-state index contributed by atoms with van der Waals surface area (Å²) in [4.78, 5) is 2.18. The van der Waals surface area contributed by atoms with E-state index in [0.717, 1.165) is 18.8 Å². The molecule has 1 heterocycles. The van der Waals surface area contributed by atoms with Crippen molar-refractivity contribution in [3.63, 3.8) is 0 Å². The minimum absolute atomic E-state index is 0.518. The average molecular weight is 266 g/mol. The highest BCUT2D eigenvalue weighted by atomic mass is 16.5. The summed E-state index contributed by atoms with van der Waals surface area (Å²) >= 11 is 0. The van der Waals surface area contributed by atoms with Crippen LogP contribution in [-0.2, 0) is 6.54 Å². The van der Waals surface area contributed by atoms with E-state index < -0.39 is 0 Å². The van der Waals surface area contributed by atoms with E-state index >= 15 is 0 Å². The molecule has 0 aromatic carbocycles. The number of likely N-dealkylation sites (N-methyl/N-ethyl adjacent to an activating group) is 2. The Balaban J connectivity index is 2.23. The van der Waals surface area contributed by atoms with Gasteiger partial charge in [0.15, 0.2) is 5.75 Å². The molecule has 1 aromatic heterocycles. The Labute approximate surface area is 115 Å². The topological polar surface area (TPSA) is 42.3 Å². The van der Waals surface area contributed by atoms with Gasteiger partial charge in [0.25, 0.3) is 0 Å². The van der Waals surface area contributed by atoms with Crippen LogP contribution in [-0.4, -0.2) is 55.5 Å². The number of methoxy groups -OCH3 is 1. The fourth-order valence-electron chi connectivity index (χ4n) is 3.01. The summed E-state index contributed by atoms with van der Waals surface area (Å²) in [5.74, 6) is 1.45. The van der Waals surface area contributed by atoms with Crippen molar-refractivity contribution in [3.8, 4) is 5.75 Å². The minimum atomic E-state index is 0.518. The van der Waals surface area contributed by atoms with Crippen molar-refractivity contribution in [2.75, 3.05) is 34.8 Å². The monoisotopic (exact) mass is 266 g/mol. The van der Waals surface area contributed by atoms with Crippen molar-refractivity contribution >= 4 is 0 Å². The zero-order valence-corrected chi connectivity index (χ0v) is 12.5. The van der Waals surface area contributed by atoms with E-state index in [-0.39, 0.29) is 0 Å². The SMILES string of the molecule is CNC1CCCC1c1c(OC)cnn1CCN(C)C. The predicted octanol–water partition coefficient (Wildman–Crippen LogP) is 1.31. The summed E-state index contributed by atoms with van der Waals surface area (Å²) < 4.78 is 7.64. The van der Waals surface area contributed by atoms with Crippen LogP contribution in [0, 0.1) is 0 Å². The zero-order chi connectivity index (χ0) is 13.8. The maximum absolute atomic E-state index is 5.51. The first-order valence-corrected chi connectivity index (χ1v) is 7.09. The van der Waals surface area contributed by atoms with Crippen LogP contribution in [0.1, 0.15) is 30.9 Å². The predicted molar refractivity (Wildman–Crippen MR) is 76.8 cm³/mol. The van der Waals surface area contributed by atoms with Crippen LogP contribution >= 0.6 is 0 Å². The second-order valence-corrected chi connectivity index (χ2v) is 5.56. The molecule has 5 nitrogen and oxygen atoms in total. The second-order valence-electron chi connectivity index (χ2n) is 5.56. The summed E-state index contributed by atoms with van der Waals surface area (Å²) in [6, 6.07) is 0.545. The van der Waals surface area contributed by atoms with Gasteiger partial charge in [-0.25, -0.2) is 0 Å². The Hall–Kier alpha value is -1.07. The Morgan fingerprint density at radius 3 is 2.89 bits per heavy atom. The lowest BCUT2D eigenvalue weighted by atomic mass is 9.99. The summed E-state index contributed by atoms with van der Waals surface area (Å²) in [6.07, 6.45) is 5.59. The molecule has 1 saturated carbocycles. The van der Waals surface area contributed by atoms with Gasteiger partial charge in [-0.2, -0.15) is 5.10 Å². The first kappa shape index (κ1) is 14.3. The molecular weight excluding hydrogens is 240 g/mol. The third-order valence-electron chi connectivity index (χ3n) is 4.06. The molecule has 1 aliphatic carbocycles. The molecule has 0 aliphatic heterocycles. The molecule has 0 bridgehead atoms. The van der Waals surface area contributed by atoms with Crippen LogP contribution in [0.2, 0.25) is 0 Å². The van der Waals surface area contributed by atoms with E-state index in [1.54, 1.807) is 7.11 Å². The minimum Gasteiger partial charge on any atom is -0.493 e. The molecule has 1 N–H and O–H groups in total. The number of ether oxygens (including phenoxy) is 1. The lowest BCUT2D eigenvalue weighted by molar-refractivity contribution is 0.355. The van der Waals surface area contributed by atoms with Gasteiger partial charge in [0, 0.05) is 18.5 Å². The first-order chi connectivity index (χ1) is 9.17. The molecule has 108 valence electrons. The molecule has 1 aromatic rings. The number of hydrogen-bond acceptors (Lipinski definition) is 4. The summed E-state index contributed by atoms with van der Waals surface area (Å²) in [7, 11) is 7.97. The molecule has 2 atom stereocenters. The molecule has 2 rings (SSSR count). The Kier molecular flexibility index (Phi) is 4.82. The fourth-order valence-corrected chi connectivity index (χ4v) is 3.01. The van der Waals surface area contributed by atoms with Crippen molar-refractivity contribution in [1.29, 1.82) is 0 Å². The van der Waals surface area contributed by atoms with Crippen LogP contribution in [0.5, 0.6) is 5.75 Å². The van der Waals surface area contributed by atoms with E-state index in [0.29, 0.717) is 12.0 Å². The molecule has 19 heavy (non-hydrogen) atoms. The highest BCUT2D eigenvalue weighted by Crippen LogP contribution is 2.38. The fraction of sp³-hybridized carbons (Fsp3) is 0.786. The van der Waals surface area contributed by atoms with Gasteiger partial charge in [-0.3, -0.25) is 4.68 Å². The van der Waals surface area contributed by atoms with E-state index in [4.69, 9.17) is 4.74 Å². The number of nitrogens with zero attached hydrogens (tertiary/aromatic N) is 3. The second kappa shape index (κ2) is 6.39. The normalized spacial score (nSPS) is 23.2. The summed E-state index contributed by atoms with van der Waals surface area (Å²) in [5.41, 5.74) is 1.27. The van der Waals surface area contributed by atoms with Crippen molar-refractivity contribution in [1.82, 2.24) is 20.0 Å². The zero-order valence-electron chi connectivity index (χ0n) is 12.5. The smallest absolute Gasteiger partial charge is 0.160 e. The number of rotatable bonds is 6. The molecule has 0 radical (unpaired) electrons. The van der Waals surface area contributed by atoms with Crippen LogP contribution in [0.4, 0.5) is 0 Å². The Morgan fingerprint density at radius 1 is 1.47 bits per heavy atom. The Morgan fingerprint density at radius 2 is 2.26 bits per heavy atom. The van der Waals surface area contributed by atoms with E-state index in [9.17, 15) is 0 Å². The summed E-state index contributed by atoms with van der Waals surface area (Å²) in [5, 5.41) is 7.95. The molecule has 1 fully saturated rings. The molecular formula is C14H26N4O. The van der Waals surface area contributed by atoms with Gasteiger partial charge in [-0.1, -0.05) is 6.42 Å². The molecule has 5 heteroatoms. The van der Waals surface area contributed by atoms with Gasteiger partial charge in [-0.15, -0.1) is 0 Å². The molecule has 0 spiro atoms. The van der Waals surface area contributed by atoms with Crippen molar-refractivity contribution < 1.29 is 4.74 Å². The van der Waals surface area contributed by atoms with Crippen LogP contribution in [0.15, 0.2) is 6.20 Å². The van der Waals surface area contributed by atoms with Gasteiger partial charge < -0.3 is 15.0 Å². The van der Waals surface area contributed by atoms with Crippen LogP contribution in [0.3, 0.4) is 0 Å². The molecule has 2 unspecified atom stereocenters. The van der Waals surface area contributed by atoms with Crippen LogP contribution in [0.25, 0.3) is 0 Å². The first-order valence-electron chi connectivity index (χ1n) is 7.09. The largest absolute Gasteiger partial charge is 0.493 e. The van der Waals surface area contributed by atoms with E-state index in [1.165, 1.54) is 25.0 Å². The van der Waals surface area contributed by atoms with E-state index in [2.05, 4.69) is 41.1 Å². The number of aromatic nitrogens is 2. The van der Waals surface area contributed by atoms with Crippen molar-refractivity contribution in [3.05, 3.63) is 11.9 Å². The number of hydrogen-bond donors (Lipinski definition) is 1. The average Bonchev–Trinajstić information content (AvgIpc) is 3.01. The van der Waals surface area contributed by atoms with E-state index in [1.807, 2.05) is 6.20 Å². The highest BCUT2D eigenvalue weighted by Gasteiger charge is 2.32. The molecule has 1 aliphatic rings. The van der Waals surface area contributed by atoms with Gasteiger partial charge in [0.05, 0.1) is 25.5 Å². The van der Waals surface area contributed by atoms with Gasteiger partial charge in [0.1, 0.15) is 0 Å². The maximum Gasteiger partial charge on any atom is 0.160 e. The third kappa shape index (κ3) is 3.09. The lowest BCUT2D eigenvalue weighted by Gasteiger charge is -2.22. The van der Waals surface area contributed by atoms with Crippen molar-refractivity contribution in [2.24, 2.45) is 0 Å². The quantitative estimate of drug-likeness (QED) is 0.843. The highest BCUT2D eigenvalue weighted by molar-refractivity contribution is 5.31. The van der Waals surface area contributed by atoms with Gasteiger partial charge >= 0.3 is 0 Å². The van der Waals surface area contributed by atoms with Gasteiger partial charge in [0.2, 0.25) is 0 Å². The summed E-state index contributed by atoms with van der Waals surface area (Å²) in [6.45, 7) is 1.91. The maximum atomic E-state index is 5.51. The van der Waals surface area contributed by atoms with Crippen LogP contribution < -0.4 is 10.1 Å². The van der Waals surface area contributed by atoms with Gasteiger partial charge in [-0.05, 0) is 34.0 Å². The standard InChI is InChI=1S/C14H26N4O/c1-15-12-7-5-6-11(12)14-13(19-4)10-16-18(14)9-8-17(2)3/h10-12,15H,5-9H2,1-4H3. The van der Waals surface area contributed by atoms with Crippen molar-refractivity contribution in [2.45, 2.75) is 37.8 Å². The third-order valence-corrected chi connectivity index (χ3v) is 4.06. The molecule has 0 amide bonds.